The van der Waals surface area contributed by atoms with Crippen molar-refractivity contribution in [2.45, 2.75) is 96.9 Å². The van der Waals surface area contributed by atoms with Crippen LogP contribution in [0.1, 0.15) is 96.9 Å². The van der Waals surface area contributed by atoms with Crippen molar-refractivity contribution in [3.8, 4) is 0 Å². The zero-order valence-electron chi connectivity index (χ0n) is 15.7. The van der Waals surface area contributed by atoms with Gasteiger partial charge < -0.3 is 14.7 Å². The summed E-state index contributed by atoms with van der Waals surface area (Å²) in [5, 5.41) is 10.7. The second-order valence-electron chi connectivity index (χ2n) is 6.72. The SMILES string of the molecule is C.C.C.C.CCC(C)(C)C(=O)ON1C(=O)CCC1=O.CCC(C)(C)C(=O)[O-].[Na+]. The molecular weight excluding hydrogens is 373 g/mol. The van der Waals surface area contributed by atoms with E-state index in [1.54, 1.807) is 27.7 Å². The van der Waals surface area contributed by atoms with E-state index in [0.29, 0.717) is 17.9 Å². The maximum absolute atomic E-state index is 11.6. The number of carboxylic acid groups (broad SMARTS) is 1. The fraction of sp³-hybridized carbons (Fsp3) is 0.800. The molecule has 164 valence electrons. The van der Waals surface area contributed by atoms with Crippen molar-refractivity contribution in [1.82, 2.24) is 5.06 Å². The smallest absolute Gasteiger partial charge is 0.550 e. The summed E-state index contributed by atoms with van der Waals surface area (Å²) in [5.74, 6) is -2.41. The van der Waals surface area contributed by atoms with Gasteiger partial charge in [-0.1, -0.05) is 57.4 Å². The van der Waals surface area contributed by atoms with Crippen molar-refractivity contribution in [2.75, 3.05) is 0 Å². The third kappa shape index (κ3) is 12.5. The minimum Gasteiger partial charge on any atom is -0.550 e. The van der Waals surface area contributed by atoms with Crippen molar-refractivity contribution in [3.63, 3.8) is 0 Å². The molecule has 0 atom stereocenters. The van der Waals surface area contributed by atoms with Gasteiger partial charge in [-0.05, 0) is 26.7 Å². The van der Waals surface area contributed by atoms with Crippen LogP contribution in [0.2, 0.25) is 0 Å². The predicted octanol–water partition coefficient (Wildman–Crippen LogP) is 0.751. The standard InChI is InChI=1S/C10H15NO4.C6H12O2.4CH4.Na/c1-4-10(2,3)9(14)15-11-7(12)5-6-8(11)13;1-4-6(2,3)5(7)8;;;;;/h4-6H2,1-3H3;4H2,1-3H3,(H,7,8);4*1H4;/q;;;;;;+1/p-1. The predicted molar refractivity (Wildman–Crippen MR) is 107 cm³/mol. The number of hydroxylamine groups is 2. The Bertz CT molecular complexity index is 473. The molecule has 0 spiro atoms. The summed E-state index contributed by atoms with van der Waals surface area (Å²) < 4.78 is 0. The van der Waals surface area contributed by atoms with Crippen LogP contribution in [-0.4, -0.2) is 28.8 Å². The van der Waals surface area contributed by atoms with Crippen LogP contribution in [0.5, 0.6) is 0 Å². The first kappa shape index (κ1) is 41.4. The number of nitrogens with zero attached hydrogens (tertiary/aromatic N) is 1. The number of rotatable bonds is 5. The fourth-order valence-corrected chi connectivity index (χ4v) is 1.15. The second-order valence-corrected chi connectivity index (χ2v) is 6.72. The number of aliphatic carboxylic acids is 1. The molecule has 0 radical (unpaired) electrons. The number of hydrogen-bond acceptors (Lipinski definition) is 6. The van der Waals surface area contributed by atoms with Gasteiger partial charge in [0, 0.05) is 24.2 Å². The Balaban J connectivity index is -0.0000000827. The maximum Gasteiger partial charge on any atom is 1.00 e. The van der Waals surface area contributed by atoms with Crippen molar-refractivity contribution in [2.24, 2.45) is 10.8 Å². The largest absolute Gasteiger partial charge is 1.00 e. The molecule has 1 heterocycles. The number of carbonyl (C=O) groups is 4. The number of amides is 2. The molecular formula is C20H42NNaO6. The van der Waals surface area contributed by atoms with Crippen molar-refractivity contribution in [1.29, 1.82) is 0 Å². The van der Waals surface area contributed by atoms with E-state index in [0.717, 1.165) is 0 Å². The first-order chi connectivity index (χ1) is 10.4. The van der Waals surface area contributed by atoms with E-state index in [2.05, 4.69) is 0 Å². The summed E-state index contributed by atoms with van der Waals surface area (Å²) in [6, 6.07) is 0. The Kier molecular flexibility index (Phi) is 25.1. The molecule has 1 aliphatic heterocycles. The summed E-state index contributed by atoms with van der Waals surface area (Å²) in [7, 11) is 0. The second kappa shape index (κ2) is 17.0. The minimum absolute atomic E-state index is 0. The van der Waals surface area contributed by atoms with E-state index in [1.807, 2.05) is 13.8 Å². The molecule has 0 N–H and O–H groups in total. The normalized spacial score (nSPS) is 12.4. The average Bonchev–Trinajstić information content (AvgIpc) is 2.79. The summed E-state index contributed by atoms with van der Waals surface area (Å²) in [6.45, 7) is 10.4. The van der Waals surface area contributed by atoms with Crippen molar-refractivity contribution >= 4 is 23.8 Å². The molecule has 1 rings (SSSR count). The molecule has 0 unspecified atom stereocenters. The molecule has 0 bridgehead atoms. The topological polar surface area (TPSA) is 104 Å². The van der Waals surface area contributed by atoms with Crippen molar-refractivity contribution in [3.05, 3.63) is 0 Å². The Morgan fingerprint density at radius 2 is 1.21 bits per heavy atom. The molecule has 0 aliphatic carbocycles. The van der Waals surface area contributed by atoms with Crippen LogP contribution in [0, 0.1) is 10.8 Å². The third-order valence-electron chi connectivity index (χ3n) is 4.05. The summed E-state index contributed by atoms with van der Waals surface area (Å²) in [5.41, 5.74) is -1.33. The van der Waals surface area contributed by atoms with Crippen LogP contribution in [0.15, 0.2) is 0 Å². The molecule has 1 fully saturated rings. The average molecular weight is 416 g/mol. The van der Waals surface area contributed by atoms with Gasteiger partial charge in [-0.25, -0.2) is 4.79 Å². The van der Waals surface area contributed by atoms with Gasteiger partial charge >= 0.3 is 35.5 Å². The van der Waals surface area contributed by atoms with Crippen LogP contribution in [0.4, 0.5) is 0 Å². The van der Waals surface area contributed by atoms with E-state index in [4.69, 9.17) is 4.84 Å². The van der Waals surface area contributed by atoms with Gasteiger partial charge in [-0.15, -0.1) is 5.06 Å². The van der Waals surface area contributed by atoms with Gasteiger partial charge in [0.15, 0.2) is 0 Å². The zero-order chi connectivity index (χ0) is 18.4. The maximum atomic E-state index is 11.6. The number of hydrogen-bond donors (Lipinski definition) is 0. The Hall–Kier alpha value is -0.920. The zero-order valence-corrected chi connectivity index (χ0v) is 17.7. The van der Waals surface area contributed by atoms with Crippen LogP contribution in [-0.2, 0) is 24.0 Å². The van der Waals surface area contributed by atoms with Gasteiger partial charge in [0.2, 0.25) is 0 Å². The van der Waals surface area contributed by atoms with Crippen molar-refractivity contribution < 1.29 is 58.7 Å². The molecule has 2 amide bonds. The van der Waals surface area contributed by atoms with E-state index < -0.39 is 34.6 Å². The van der Waals surface area contributed by atoms with E-state index in [1.165, 1.54) is 0 Å². The number of imide groups is 1. The summed E-state index contributed by atoms with van der Waals surface area (Å²) in [4.78, 5) is 48.8. The van der Waals surface area contributed by atoms with Gasteiger partial charge in [-0.3, -0.25) is 9.59 Å². The first-order valence-electron chi connectivity index (χ1n) is 7.68. The Morgan fingerprint density at radius 3 is 1.43 bits per heavy atom. The molecule has 0 saturated carbocycles. The third-order valence-corrected chi connectivity index (χ3v) is 4.05. The molecule has 0 aromatic carbocycles. The van der Waals surface area contributed by atoms with Gasteiger partial charge in [0.1, 0.15) is 0 Å². The minimum atomic E-state index is -0.972. The number of carboxylic acids is 1. The Morgan fingerprint density at radius 1 is 0.893 bits per heavy atom. The molecule has 7 nitrogen and oxygen atoms in total. The molecule has 1 aliphatic rings. The molecule has 0 aromatic rings. The summed E-state index contributed by atoms with van der Waals surface area (Å²) >= 11 is 0. The van der Waals surface area contributed by atoms with Crippen LogP contribution in [0.3, 0.4) is 0 Å². The number of carbonyl (C=O) groups excluding carboxylic acids is 4. The van der Waals surface area contributed by atoms with E-state index in [9.17, 15) is 24.3 Å². The quantitative estimate of drug-likeness (QED) is 0.485. The van der Waals surface area contributed by atoms with Gasteiger partial charge in [0.05, 0.1) is 5.41 Å². The summed E-state index contributed by atoms with van der Waals surface area (Å²) in [6.07, 6.45) is 1.45. The molecule has 1 saturated heterocycles. The van der Waals surface area contributed by atoms with E-state index in [-0.39, 0.29) is 72.1 Å². The van der Waals surface area contributed by atoms with Gasteiger partial charge in [-0.2, -0.15) is 0 Å². The first-order valence-corrected chi connectivity index (χ1v) is 7.68. The van der Waals surface area contributed by atoms with E-state index >= 15 is 0 Å². The monoisotopic (exact) mass is 415 g/mol. The van der Waals surface area contributed by atoms with Crippen LogP contribution < -0.4 is 34.7 Å². The van der Waals surface area contributed by atoms with Crippen LogP contribution >= 0.6 is 0 Å². The Labute approximate surface area is 194 Å². The fourth-order valence-electron chi connectivity index (χ4n) is 1.15. The van der Waals surface area contributed by atoms with Gasteiger partial charge in [0.25, 0.3) is 11.8 Å². The molecule has 0 aromatic heterocycles. The van der Waals surface area contributed by atoms with Crippen LogP contribution in [0.25, 0.3) is 0 Å². The molecule has 28 heavy (non-hydrogen) atoms. The molecule has 8 heteroatoms.